The van der Waals surface area contributed by atoms with Crippen LogP contribution in [0, 0.1) is 0 Å². The summed E-state index contributed by atoms with van der Waals surface area (Å²) in [5.41, 5.74) is 0.0138. The zero-order chi connectivity index (χ0) is 20.4. The lowest BCUT2D eigenvalue weighted by Gasteiger charge is -2.31. The number of nitrogens with one attached hydrogen (secondary N) is 2. The van der Waals surface area contributed by atoms with Crippen LogP contribution in [0.15, 0.2) is 60.8 Å². The van der Waals surface area contributed by atoms with Crippen LogP contribution in [0.2, 0.25) is 0 Å². The van der Waals surface area contributed by atoms with E-state index >= 15 is 0 Å². The van der Waals surface area contributed by atoms with Crippen molar-refractivity contribution < 1.29 is 22.9 Å². The average Bonchev–Trinajstić information content (AvgIpc) is 2.73. The molecule has 5 nitrogen and oxygen atoms in total. The molecule has 0 unspecified atom stereocenters. The lowest BCUT2D eigenvalue weighted by molar-refractivity contribution is -0.367. The molecule has 1 aromatic heterocycles. The summed E-state index contributed by atoms with van der Waals surface area (Å²) in [6.45, 7) is 1.28. The number of carbonyl (C=O) groups is 1. The molecule has 4 rings (SSSR count). The Balaban J connectivity index is 1.44. The lowest BCUT2D eigenvalue weighted by Crippen LogP contribution is -2.51. The maximum Gasteiger partial charge on any atom is 0.424 e. The van der Waals surface area contributed by atoms with Crippen molar-refractivity contribution in [1.29, 1.82) is 0 Å². The third kappa shape index (κ3) is 3.96. The fourth-order valence-electron chi connectivity index (χ4n) is 3.58. The Hall–Kier alpha value is -3.29. The Morgan fingerprint density at radius 1 is 0.931 bits per heavy atom. The predicted octanol–water partition coefficient (Wildman–Crippen LogP) is 4.03. The summed E-state index contributed by atoms with van der Waals surface area (Å²) in [6, 6.07) is 15.6. The molecule has 1 saturated heterocycles. The van der Waals surface area contributed by atoms with Gasteiger partial charge in [-0.15, -0.1) is 0 Å². The minimum absolute atomic E-state index is 0.0362. The monoisotopic (exact) mass is 401 g/mol. The molecule has 0 saturated carbocycles. The van der Waals surface area contributed by atoms with Gasteiger partial charge in [-0.3, -0.25) is 4.90 Å². The van der Waals surface area contributed by atoms with Crippen LogP contribution in [0.3, 0.4) is 0 Å². The summed E-state index contributed by atoms with van der Waals surface area (Å²) in [5.74, 6) is 0.0362. The van der Waals surface area contributed by atoms with Crippen molar-refractivity contribution in [3.05, 3.63) is 66.4 Å². The van der Waals surface area contributed by atoms with Crippen LogP contribution in [-0.2, 0) is 6.18 Å². The quantitative estimate of drug-likeness (QED) is 0.705. The molecule has 0 bridgehead atoms. The number of piperazine rings is 1. The summed E-state index contributed by atoms with van der Waals surface area (Å²) in [4.78, 5) is 18.6. The summed E-state index contributed by atoms with van der Waals surface area (Å²) in [6.07, 6.45) is -2.96. The van der Waals surface area contributed by atoms with E-state index in [-0.39, 0.29) is 11.8 Å². The number of pyridine rings is 1. The third-order valence-electron chi connectivity index (χ3n) is 5.05. The highest BCUT2D eigenvalue weighted by atomic mass is 19.4. The molecule has 2 heterocycles. The Labute approximate surface area is 165 Å². The Morgan fingerprint density at radius 2 is 1.66 bits per heavy atom. The van der Waals surface area contributed by atoms with Gasteiger partial charge in [0.15, 0.2) is 0 Å². The van der Waals surface area contributed by atoms with E-state index in [2.05, 4.69) is 10.3 Å². The first-order valence-electron chi connectivity index (χ1n) is 9.30. The normalized spacial score (nSPS) is 14.9. The van der Waals surface area contributed by atoms with Crippen LogP contribution in [0.4, 0.5) is 29.5 Å². The molecule has 8 heteroatoms. The summed E-state index contributed by atoms with van der Waals surface area (Å²) >= 11 is 0. The van der Waals surface area contributed by atoms with Gasteiger partial charge in [-0.25, -0.2) is 9.78 Å². The van der Waals surface area contributed by atoms with Gasteiger partial charge in [0, 0.05) is 5.39 Å². The minimum atomic E-state index is -4.43. The number of fused-ring (bicyclic) bond motifs is 1. The number of hydrogen-bond donors (Lipinski definition) is 1. The first kappa shape index (κ1) is 19.0. The smallest absolute Gasteiger partial charge is 0.317 e. The molecule has 1 aliphatic rings. The van der Waals surface area contributed by atoms with E-state index in [9.17, 15) is 18.0 Å². The van der Waals surface area contributed by atoms with Gasteiger partial charge in [0.1, 0.15) is 18.7 Å². The fraction of sp³-hybridized carbons (Fsp3) is 0.238. The Kier molecular flexibility index (Phi) is 5.00. The van der Waals surface area contributed by atoms with Crippen molar-refractivity contribution in [2.45, 2.75) is 6.18 Å². The molecule has 0 aliphatic carbocycles. The third-order valence-corrected chi connectivity index (χ3v) is 5.05. The number of aromatic nitrogens is 1. The van der Waals surface area contributed by atoms with E-state index in [0.717, 1.165) is 16.8 Å². The van der Waals surface area contributed by atoms with Crippen molar-refractivity contribution >= 4 is 28.3 Å². The number of rotatable bonds is 2. The van der Waals surface area contributed by atoms with Crippen molar-refractivity contribution in [1.82, 2.24) is 4.90 Å². The van der Waals surface area contributed by atoms with Gasteiger partial charge in [0.2, 0.25) is 0 Å². The van der Waals surface area contributed by atoms with E-state index < -0.39 is 11.7 Å². The van der Waals surface area contributed by atoms with Gasteiger partial charge in [-0.1, -0.05) is 36.4 Å². The van der Waals surface area contributed by atoms with Crippen LogP contribution in [0.25, 0.3) is 10.8 Å². The largest absolute Gasteiger partial charge is 0.424 e. The fourth-order valence-corrected chi connectivity index (χ4v) is 3.58. The van der Waals surface area contributed by atoms with E-state index in [4.69, 9.17) is 0 Å². The minimum Gasteiger partial charge on any atom is -0.317 e. The van der Waals surface area contributed by atoms with Gasteiger partial charge in [0.25, 0.3) is 5.82 Å². The molecule has 3 aromatic rings. The summed E-state index contributed by atoms with van der Waals surface area (Å²) in [5, 5.41) is 4.89. The Bertz CT molecular complexity index is 1020. The predicted molar refractivity (Wildman–Crippen MR) is 105 cm³/mol. The van der Waals surface area contributed by atoms with E-state index in [1.807, 2.05) is 42.5 Å². The number of halogens is 3. The molecule has 2 amide bonds. The van der Waals surface area contributed by atoms with Crippen molar-refractivity contribution in [3.8, 4) is 0 Å². The number of aromatic amines is 1. The number of hydrogen-bond acceptors (Lipinski definition) is 2. The second kappa shape index (κ2) is 7.62. The topological polar surface area (TPSA) is 49.7 Å². The van der Waals surface area contributed by atoms with Crippen LogP contribution >= 0.6 is 0 Å². The molecule has 2 aromatic carbocycles. The number of urea groups is 1. The number of amides is 2. The Morgan fingerprint density at radius 3 is 2.41 bits per heavy atom. The molecule has 2 N–H and O–H groups in total. The maximum absolute atomic E-state index is 13.3. The average molecular weight is 401 g/mol. The summed E-state index contributed by atoms with van der Waals surface area (Å²) < 4.78 is 39.8. The number of carbonyl (C=O) groups excluding carboxylic acids is 1. The molecule has 1 aliphatic heterocycles. The van der Waals surface area contributed by atoms with Gasteiger partial charge < -0.3 is 10.2 Å². The van der Waals surface area contributed by atoms with Crippen LogP contribution in [0.5, 0.6) is 0 Å². The second-order valence-electron chi connectivity index (χ2n) is 6.86. The molecule has 1 fully saturated rings. The molecule has 0 spiro atoms. The zero-order valence-corrected chi connectivity index (χ0v) is 15.5. The van der Waals surface area contributed by atoms with Crippen molar-refractivity contribution in [2.24, 2.45) is 0 Å². The molecule has 0 atom stereocenters. The molecular weight excluding hydrogens is 381 g/mol. The van der Waals surface area contributed by atoms with Crippen LogP contribution < -0.4 is 15.2 Å². The molecule has 150 valence electrons. The van der Waals surface area contributed by atoms with Gasteiger partial charge in [-0.2, -0.15) is 13.2 Å². The van der Waals surface area contributed by atoms with Gasteiger partial charge in [-0.05, 0) is 23.6 Å². The highest BCUT2D eigenvalue weighted by Gasteiger charge is 2.40. The van der Waals surface area contributed by atoms with E-state index in [1.165, 1.54) is 12.3 Å². The number of benzene rings is 2. The zero-order valence-electron chi connectivity index (χ0n) is 15.5. The van der Waals surface area contributed by atoms with Gasteiger partial charge >= 0.3 is 12.2 Å². The molecule has 0 radical (unpaired) electrons. The first-order chi connectivity index (χ1) is 13.9. The maximum atomic E-state index is 13.3. The van der Waals surface area contributed by atoms with Gasteiger partial charge in [0.05, 0.1) is 25.0 Å². The first-order valence-corrected chi connectivity index (χ1v) is 9.30. The van der Waals surface area contributed by atoms with E-state index in [1.54, 1.807) is 9.80 Å². The molecular formula is C21H20F3N4O+. The SMILES string of the molecule is O=C(Nc1cccc2ccccc12)N1CCN(c2[nH+]cccc2C(F)(F)F)CC1. The van der Waals surface area contributed by atoms with Crippen molar-refractivity contribution in [3.63, 3.8) is 0 Å². The van der Waals surface area contributed by atoms with Crippen molar-refractivity contribution in [2.75, 3.05) is 36.4 Å². The number of H-pyrrole nitrogens is 1. The summed E-state index contributed by atoms with van der Waals surface area (Å²) in [7, 11) is 0. The number of anilines is 2. The van der Waals surface area contributed by atoms with Crippen LogP contribution in [-0.4, -0.2) is 37.1 Å². The highest BCUT2D eigenvalue weighted by Crippen LogP contribution is 2.34. The molecule has 29 heavy (non-hydrogen) atoms. The lowest BCUT2D eigenvalue weighted by atomic mass is 10.1. The van der Waals surface area contributed by atoms with E-state index in [0.29, 0.717) is 31.9 Å². The second-order valence-corrected chi connectivity index (χ2v) is 6.86. The van der Waals surface area contributed by atoms with Crippen LogP contribution in [0.1, 0.15) is 5.56 Å². The highest BCUT2D eigenvalue weighted by molar-refractivity contribution is 6.01. The number of nitrogens with zero attached hydrogens (tertiary/aromatic N) is 2. The number of alkyl halides is 3. The standard InChI is InChI=1S/C21H19F3N4O/c22-21(23,24)17-8-4-10-25-19(17)27-11-13-28(14-12-27)20(29)26-18-9-3-6-15-5-1-2-7-16(15)18/h1-10H,11-14H2,(H,26,29)/p+1.